The smallest absolute Gasteiger partial charge is 0.279 e. The molecule has 1 aliphatic rings. The van der Waals surface area contributed by atoms with Gasteiger partial charge in [-0.2, -0.15) is 21.6 Å². The molecule has 1 N–H and O–H groups in total. The number of rotatable bonds is 2. The molecule has 1 aliphatic carbocycles. The van der Waals surface area contributed by atoms with Gasteiger partial charge in [-0.3, -0.25) is 14.7 Å². The van der Waals surface area contributed by atoms with E-state index in [-0.39, 0.29) is 10.6 Å². The van der Waals surface area contributed by atoms with Crippen LogP contribution in [-0.4, -0.2) is 23.4 Å². The minimum atomic E-state index is -5.84. The molecule has 186 valence electrons. The fourth-order valence-corrected chi connectivity index (χ4v) is 4.52. The summed E-state index contributed by atoms with van der Waals surface area (Å²) in [6, 6.07) is 22.0. The molecule has 0 unspecified atom stereocenters. The Hall–Kier alpha value is -3.76. The van der Waals surface area contributed by atoms with Crippen LogP contribution >= 0.6 is 0 Å². The van der Waals surface area contributed by atoms with Crippen molar-refractivity contribution in [2.45, 2.75) is 25.8 Å². The summed E-state index contributed by atoms with van der Waals surface area (Å²) in [5.74, 6) is 0. The van der Waals surface area contributed by atoms with Gasteiger partial charge < -0.3 is 0 Å². The fourth-order valence-electron chi connectivity index (χ4n) is 4.52. The van der Waals surface area contributed by atoms with E-state index in [9.17, 15) is 23.3 Å². The molecule has 36 heavy (non-hydrogen) atoms. The van der Waals surface area contributed by atoms with Crippen molar-refractivity contribution in [3.05, 3.63) is 99.1 Å². The van der Waals surface area contributed by atoms with Crippen molar-refractivity contribution < 1.29 is 31.1 Å². The average molecular weight is 516 g/mol. The Bertz CT molecular complexity index is 1630. The summed E-state index contributed by atoms with van der Waals surface area (Å²) in [6.07, 6.45) is 0.972. The monoisotopic (exact) mass is 515 g/mol. The van der Waals surface area contributed by atoms with Crippen molar-refractivity contribution >= 4 is 26.6 Å². The lowest BCUT2D eigenvalue weighted by molar-refractivity contribution is -0.383. The Labute approximate surface area is 204 Å². The second-order valence-corrected chi connectivity index (χ2v) is 9.80. The van der Waals surface area contributed by atoms with Crippen LogP contribution in [0, 0.1) is 24.0 Å². The zero-order chi connectivity index (χ0) is 26.4. The van der Waals surface area contributed by atoms with Crippen LogP contribution in [0.25, 0.3) is 33.0 Å². The number of nitro benzene ring substituents is 1. The van der Waals surface area contributed by atoms with Gasteiger partial charge in [0, 0.05) is 6.07 Å². The topological polar surface area (TPSA) is 97.5 Å². The minimum Gasteiger partial charge on any atom is -0.279 e. The predicted octanol–water partition coefficient (Wildman–Crippen LogP) is 7.00. The normalized spacial score (nSPS) is 12.5. The molecule has 10 heteroatoms. The first kappa shape index (κ1) is 25.3. The molecule has 0 atom stereocenters. The molecule has 0 aliphatic heterocycles. The van der Waals surface area contributed by atoms with E-state index in [1.54, 1.807) is 6.07 Å². The molecule has 0 saturated carbocycles. The van der Waals surface area contributed by atoms with Crippen LogP contribution < -0.4 is 0 Å². The van der Waals surface area contributed by atoms with E-state index in [0.717, 1.165) is 22.9 Å². The molecule has 0 aromatic heterocycles. The van der Waals surface area contributed by atoms with Gasteiger partial charge in [-0.15, -0.1) is 0 Å². The third-order valence-corrected chi connectivity index (χ3v) is 6.97. The first-order valence-corrected chi connectivity index (χ1v) is 12.2. The number of alkyl halides is 3. The summed E-state index contributed by atoms with van der Waals surface area (Å²) < 4.78 is 57.5. The van der Waals surface area contributed by atoms with E-state index in [4.69, 9.17) is 13.0 Å². The zero-order valence-electron chi connectivity index (χ0n) is 19.1. The van der Waals surface area contributed by atoms with Gasteiger partial charge in [-0.05, 0) is 88.4 Å². The van der Waals surface area contributed by atoms with E-state index in [1.807, 2.05) is 30.3 Å². The molecule has 0 saturated heterocycles. The first-order chi connectivity index (χ1) is 16.8. The lowest BCUT2D eigenvalue weighted by atomic mass is 9.88. The van der Waals surface area contributed by atoms with Crippen molar-refractivity contribution in [2.75, 3.05) is 0 Å². The SMILES string of the molecule is Cc1c(-c2ccc([N+](=O)[O-])c3ccccc23)cc2c(c1C)Cc1ccccc1-2.O=S(=O)(O)C(F)(F)F. The molecule has 0 fully saturated rings. The molecule has 6 nitrogen and oxygen atoms in total. The predicted molar refractivity (Wildman–Crippen MR) is 131 cm³/mol. The van der Waals surface area contributed by atoms with Crippen molar-refractivity contribution in [2.24, 2.45) is 0 Å². The zero-order valence-corrected chi connectivity index (χ0v) is 19.9. The van der Waals surface area contributed by atoms with Crippen LogP contribution in [-0.2, 0) is 16.5 Å². The third-order valence-electron chi connectivity index (χ3n) is 6.39. The standard InChI is InChI=1S/C25H19NO2.CHF3O3S/c1-15-16(2)23(14-24-18-8-4-3-7-17(18)13-22(15)24)20-11-12-25(26(27)28)21-10-6-5-9-19(20)21;2-1(3,4)8(5,6)7/h3-12,14H,13H2,1-2H3;(H,5,6,7). The Morgan fingerprint density at radius 3 is 2.03 bits per heavy atom. The van der Waals surface area contributed by atoms with Crippen LogP contribution in [0.2, 0.25) is 0 Å². The first-order valence-electron chi connectivity index (χ1n) is 10.7. The maximum Gasteiger partial charge on any atom is 0.522 e. The highest BCUT2D eigenvalue weighted by atomic mass is 32.2. The van der Waals surface area contributed by atoms with Crippen molar-refractivity contribution in [3.63, 3.8) is 0 Å². The number of fused-ring (bicyclic) bond motifs is 4. The molecule has 0 bridgehead atoms. The van der Waals surface area contributed by atoms with E-state index in [0.29, 0.717) is 5.39 Å². The lowest BCUT2D eigenvalue weighted by Gasteiger charge is -2.16. The number of benzene rings is 4. The van der Waals surface area contributed by atoms with E-state index in [1.165, 1.54) is 33.4 Å². The largest absolute Gasteiger partial charge is 0.522 e. The molecule has 5 rings (SSSR count). The molecule has 0 heterocycles. The van der Waals surface area contributed by atoms with Crippen LogP contribution in [0.1, 0.15) is 22.3 Å². The van der Waals surface area contributed by atoms with Crippen LogP contribution in [0.4, 0.5) is 18.9 Å². The van der Waals surface area contributed by atoms with Crippen LogP contribution in [0.3, 0.4) is 0 Å². The summed E-state index contributed by atoms with van der Waals surface area (Å²) in [6.45, 7) is 4.35. The Balaban J connectivity index is 0.000000331. The molecule has 0 amide bonds. The van der Waals surface area contributed by atoms with Crippen LogP contribution in [0.5, 0.6) is 0 Å². The highest BCUT2D eigenvalue weighted by molar-refractivity contribution is 7.86. The highest BCUT2D eigenvalue weighted by Crippen LogP contribution is 2.44. The summed E-state index contributed by atoms with van der Waals surface area (Å²) in [5, 5.41) is 13.1. The molecular weight excluding hydrogens is 495 g/mol. The van der Waals surface area contributed by atoms with Crippen molar-refractivity contribution in [3.8, 4) is 22.3 Å². The second-order valence-electron chi connectivity index (χ2n) is 8.39. The number of nitro groups is 1. The van der Waals surface area contributed by atoms with E-state index < -0.39 is 15.6 Å². The molecule has 0 radical (unpaired) electrons. The Morgan fingerprint density at radius 1 is 0.833 bits per heavy atom. The maximum absolute atomic E-state index is 11.5. The molecule has 4 aromatic rings. The fraction of sp³-hybridized carbons (Fsp3) is 0.154. The Morgan fingerprint density at radius 2 is 1.42 bits per heavy atom. The van der Waals surface area contributed by atoms with E-state index >= 15 is 0 Å². The van der Waals surface area contributed by atoms with Gasteiger partial charge >= 0.3 is 15.6 Å². The van der Waals surface area contributed by atoms with Gasteiger partial charge in [0.25, 0.3) is 5.69 Å². The highest BCUT2D eigenvalue weighted by Gasteiger charge is 2.44. The number of nitrogens with zero attached hydrogens (tertiary/aromatic N) is 1. The molecule has 4 aromatic carbocycles. The minimum absolute atomic E-state index is 0.153. The summed E-state index contributed by atoms with van der Waals surface area (Å²) >= 11 is 0. The number of hydrogen-bond acceptors (Lipinski definition) is 4. The van der Waals surface area contributed by atoms with Gasteiger partial charge in [-0.25, -0.2) is 0 Å². The number of halogens is 3. The van der Waals surface area contributed by atoms with Crippen molar-refractivity contribution in [1.29, 1.82) is 0 Å². The summed E-state index contributed by atoms with van der Waals surface area (Å²) in [4.78, 5) is 11.2. The Kier molecular flexibility index (Phi) is 6.36. The lowest BCUT2D eigenvalue weighted by Crippen LogP contribution is -2.21. The van der Waals surface area contributed by atoms with Crippen molar-refractivity contribution in [1.82, 2.24) is 0 Å². The molecule has 0 spiro atoms. The second kappa shape index (κ2) is 9.03. The summed E-state index contributed by atoms with van der Waals surface area (Å²) in [5.41, 5.74) is 4.72. The quantitative estimate of drug-likeness (QED) is 0.118. The van der Waals surface area contributed by atoms with Gasteiger partial charge in [-0.1, -0.05) is 42.5 Å². The number of non-ortho nitro benzene ring substituents is 1. The third kappa shape index (κ3) is 4.45. The van der Waals surface area contributed by atoms with Gasteiger partial charge in [0.1, 0.15) is 0 Å². The van der Waals surface area contributed by atoms with Crippen LogP contribution in [0.15, 0.2) is 66.7 Å². The van der Waals surface area contributed by atoms with Gasteiger partial charge in [0.2, 0.25) is 0 Å². The van der Waals surface area contributed by atoms with Gasteiger partial charge in [0.15, 0.2) is 0 Å². The molecular formula is C26H20F3NO5S. The van der Waals surface area contributed by atoms with E-state index in [2.05, 4.69) is 44.2 Å². The summed E-state index contributed by atoms with van der Waals surface area (Å²) in [7, 11) is -5.84. The average Bonchev–Trinajstić information content (AvgIpc) is 3.18. The number of hydrogen-bond donors (Lipinski definition) is 1. The van der Waals surface area contributed by atoms with Gasteiger partial charge in [0.05, 0.1) is 10.3 Å². The maximum atomic E-state index is 11.5.